The summed E-state index contributed by atoms with van der Waals surface area (Å²) in [6, 6.07) is 0.447. The Kier molecular flexibility index (Phi) is 3.70. The normalized spacial score (nSPS) is 35.4. The van der Waals surface area contributed by atoms with E-state index in [9.17, 15) is 4.79 Å². The molecular weight excluding hydrogens is 208 g/mol. The number of carbonyl (C=O) groups excluding carboxylic acids is 1. The van der Waals surface area contributed by atoms with Gasteiger partial charge in [0.15, 0.2) is 0 Å². The quantitative estimate of drug-likeness (QED) is 0.688. The lowest BCUT2D eigenvalue weighted by molar-refractivity contribution is -0.124. The van der Waals surface area contributed by atoms with E-state index in [0.29, 0.717) is 6.04 Å². The van der Waals surface area contributed by atoms with Crippen molar-refractivity contribution in [1.29, 1.82) is 0 Å². The second kappa shape index (κ2) is 5.03. The Labute approximate surface area is 94.9 Å². The van der Waals surface area contributed by atoms with Crippen molar-refractivity contribution in [2.75, 3.05) is 11.5 Å². The Balaban J connectivity index is 1.79. The number of hydrogen-bond acceptors (Lipinski definition) is 3. The van der Waals surface area contributed by atoms with Crippen LogP contribution in [0.1, 0.15) is 19.3 Å². The third-order valence-corrected chi connectivity index (χ3v) is 4.18. The second-order valence-corrected chi connectivity index (χ2v) is 5.46. The van der Waals surface area contributed by atoms with E-state index in [4.69, 9.17) is 5.73 Å². The first-order valence-electron chi connectivity index (χ1n) is 5.58. The van der Waals surface area contributed by atoms with Crippen molar-refractivity contribution in [3.63, 3.8) is 0 Å². The number of thioether (sulfide) groups is 1. The first-order valence-corrected chi connectivity index (χ1v) is 6.73. The molecule has 2 rings (SSSR count). The Morgan fingerprint density at radius 1 is 1.47 bits per heavy atom. The van der Waals surface area contributed by atoms with Gasteiger partial charge in [-0.15, -0.1) is 0 Å². The lowest BCUT2D eigenvalue weighted by atomic mass is 10.1. The molecule has 3 atom stereocenters. The van der Waals surface area contributed by atoms with Crippen LogP contribution in [-0.4, -0.2) is 29.5 Å². The van der Waals surface area contributed by atoms with Gasteiger partial charge in [0, 0.05) is 17.8 Å². The molecule has 1 fully saturated rings. The molecule has 15 heavy (non-hydrogen) atoms. The van der Waals surface area contributed by atoms with E-state index in [2.05, 4.69) is 5.32 Å². The molecule has 0 aromatic rings. The fraction of sp³-hybridized carbons (Fsp3) is 0.727. The SMILES string of the molecule is NC1C=CC(C(=O)NC2CCCSC2)C1. The molecule has 3 nitrogen and oxygen atoms in total. The topological polar surface area (TPSA) is 55.1 Å². The lowest BCUT2D eigenvalue weighted by Crippen LogP contribution is -2.41. The second-order valence-electron chi connectivity index (χ2n) is 4.31. The molecule has 0 aromatic carbocycles. The van der Waals surface area contributed by atoms with E-state index in [1.165, 1.54) is 12.2 Å². The molecule has 0 radical (unpaired) electrons. The number of rotatable bonds is 2. The summed E-state index contributed by atoms with van der Waals surface area (Å²) in [4.78, 5) is 11.8. The van der Waals surface area contributed by atoms with E-state index in [0.717, 1.165) is 18.6 Å². The van der Waals surface area contributed by atoms with Gasteiger partial charge in [0.25, 0.3) is 0 Å². The molecule has 1 aliphatic heterocycles. The highest BCUT2D eigenvalue weighted by Gasteiger charge is 2.25. The summed E-state index contributed by atoms with van der Waals surface area (Å²) in [6.45, 7) is 0. The van der Waals surface area contributed by atoms with Gasteiger partial charge in [-0.05, 0) is 25.0 Å². The van der Waals surface area contributed by atoms with Crippen LogP contribution in [0.4, 0.5) is 0 Å². The van der Waals surface area contributed by atoms with Crippen LogP contribution >= 0.6 is 11.8 Å². The molecule has 0 saturated carbocycles. The molecule has 3 N–H and O–H groups in total. The van der Waals surface area contributed by atoms with Gasteiger partial charge in [-0.3, -0.25) is 4.79 Å². The third-order valence-electron chi connectivity index (χ3n) is 2.96. The van der Waals surface area contributed by atoms with Crippen LogP contribution in [0.25, 0.3) is 0 Å². The number of nitrogens with two attached hydrogens (primary N) is 1. The lowest BCUT2D eigenvalue weighted by Gasteiger charge is -2.23. The fourth-order valence-corrected chi connectivity index (χ4v) is 3.16. The number of hydrogen-bond donors (Lipinski definition) is 2. The molecule has 0 spiro atoms. The molecule has 3 unspecified atom stereocenters. The summed E-state index contributed by atoms with van der Waals surface area (Å²) in [5.41, 5.74) is 5.73. The van der Waals surface area contributed by atoms with E-state index >= 15 is 0 Å². The van der Waals surface area contributed by atoms with Gasteiger partial charge in [-0.1, -0.05) is 12.2 Å². The van der Waals surface area contributed by atoms with E-state index in [-0.39, 0.29) is 17.9 Å². The van der Waals surface area contributed by atoms with Gasteiger partial charge >= 0.3 is 0 Å². The van der Waals surface area contributed by atoms with Crippen molar-refractivity contribution in [2.24, 2.45) is 11.7 Å². The summed E-state index contributed by atoms with van der Waals surface area (Å²) in [5, 5.41) is 3.11. The predicted molar refractivity (Wildman–Crippen MR) is 63.7 cm³/mol. The number of amides is 1. The monoisotopic (exact) mass is 226 g/mol. The highest BCUT2D eigenvalue weighted by atomic mass is 32.2. The van der Waals surface area contributed by atoms with E-state index in [1.807, 2.05) is 23.9 Å². The molecule has 1 heterocycles. The standard InChI is InChI=1S/C11H18N2OS/c12-9-4-3-8(6-9)11(14)13-10-2-1-5-15-7-10/h3-4,8-10H,1-2,5-7,12H2,(H,13,14). The molecule has 4 heteroatoms. The number of nitrogens with one attached hydrogen (secondary N) is 1. The molecule has 1 amide bonds. The summed E-state index contributed by atoms with van der Waals surface area (Å²) in [7, 11) is 0. The minimum Gasteiger partial charge on any atom is -0.352 e. The van der Waals surface area contributed by atoms with Gasteiger partial charge in [-0.2, -0.15) is 11.8 Å². The molecule has 1 saturated heterocycles. The molecule has 1 aliphatic carbocycles. The summed E-state index contributed by atoms with van der Waals surface area (Å²) in [5.74, 6) is 2.47. The Hall–Kier alpha value is -0.480. The molecule has 84 valence electrons. The van der Waals surface area contributed by atoms with Crippen LogP contribution in [0.3, 0.4) is 0 Å². The summed E-state index contributed by atoms with van der Waals surface area (Å²) in [6.07, 6.45) is 6.98. The van der Waals surface area contributed by atoms with Gasteiger partial charge in [0.1, 0.15) is 0 Å². The van der Waals surface area contributed by atoms with Crippen LogP contribution in [0.2, 0.25) is 0 Å². The van der Waals surface area contributed by atoms with Crippen LogP contribution in [0.5, 0.6) is 0 Å². The maximum atomic E-state index is 11.8. The number of carbonyl (C=O) groups is 1. The Bertz CT molecular complexity index is 261. The molecule has 0 aromatic heterocycles. The highest BCUT2D eigenvalue weighted by Crippen LogP contribution is 2.20. The largest absolute Gasteiger partial charge is 0.352 e. The zero-order valence-electron chi connectivity index (χ0n) is 8.82. The Morgan fingerprint density at radius 2 is 2.33 bits per heavy atom. The van der Waals surface area contributed by atoms with Crippen molar-refractivity contribution in [3.05, 3.63) is 12.2 Å². The van der Waals surface area contributed by atoms with Gasteiger partial charge in [0.2, 0.25) is 5.91 Å². The highest BCUT2D eigenvalue weighted by molar-refractivity contribution is 7.99. The minimum atomic E-state index is 0.00641. The van der Waals surface area contributed by atoms with Gasteiger partial charge in [0.05, 0.1) is 5.92 Å². The fourth-order valence-electron chi connectivity index (χ4n) is 2.08. The van der Waals surface area contributed by atoms with Crippen molar-refractivity contribution in [1.82, 2.24) is 5.32 Å². The molecular formula is C11H18N2OS. The minimum absolute atomic E-state index is 0.00641. The van der Waals surface area contributed by atoms with E-state index < -0.39 is 0 Å². The smallest absolute Gasteiger partial charge is 0.227 e. The maximum Gasteiger partial charge on any atom is 0.227 e. The van der Waals surface area contributed by atoms with Crippen LogP contribution < -0.4 is 11.1 Å². The van der Waals surface area contributed by atoms with Gasteiger partial charge in [-0.25, -0.2) is 0 Å². The van der Waals surface area contributed by atoms with Crippen molar-refractivity contribution in [2.45, 2.75) is 31.3 Å². The first-order chi connectivity index (χ1) is 7.25. The summed E-state index contributed by atoms with van der Waals surface area (Å²) >= 11 is 1.93. The van der Waals surface area contributed by atoms with Gasteiger partial charge < -0.3 is 11.1 Å². The third kappa shape index (κ3) is 2.98. The predicted octanol–water partition coefficient (Wildman–Crippen LogP) is 0.902. The van der Waals surface area contributed by atoms with Crippen LogP contribution in [0, 0.1) is 5.92 Å². The average molecular weight is 226 g/mol. The molecule has 0 bridgehead atoms. The molecule has 2 aliphatic rings. The Morgan fingerprint density at radius 3 is 2.93 bits per heavy atom. The maximum absolute atomic E-state index is 11.8. The van der Waals surface area contributed by atoms with E-state index in [1.54, 1.807) is 0 Å². The van der Waals surface area contributed by atoms with Crippen LogP contribution in [0.15, 0.2) is 12.2 Å². The zero-order valence-corrected chi connectivity index (χ0v) is 9.63. The van der Waals surface area contributed by atoms with Crippen molar-refractivity contribution in [3.8, 4) is 0 Å². The zero-order chi connectivity index (χ0) is 10.7. The average Bonchev–Trinajstić information content (AvgIpc) is 2.66. The van der Waals surface area contributed by atoms with Crippen molar-refractivity contribution >= 4 is 17.7 Å². The van der Waals surface area contributed by atoms with Crippen LogP contribution in [-0.2, 0) is 4.79 Å². The summed E-state index contributed by atoms with van der Waals surface area (Å²) < 4.78 is 0. The first kappa shape index (κ1) is 11.0. The van der Waals surface area contributed by atoms with Crippen molar-refractivity contribution < 1.29 is 4.79 Å².